The molecular weight excluding hydrogens is 274 g/mol. The maximum atomic E-state index is 5.96. The normalized spacial score (nSPS) is 28.8. The smallest absolute Gasteiger partial charge is 0.0600 e. The number of hydrogen-bond donors (Lipinski definition) is 1. The van der Waals surface area contributed by atoms with Crippen molar-refractivity contribution >= 4 is 12.4 Å². The molecule has 20 heavy (non-hydrogen) atoms. The van der Waals surface area contributed by atoms with E-state index in [0.29, 0.717) is 11.5 Å². The Morgan fingerprint density at radius 2 is 2.00 bits per heavy atom. The number of hydrogen-bond acceptors (Lipinski definition) is 4. The molecule has 2 saturated heterocycles. The molecule has 2 aliphatic rings. The second-order valence-corrected chi connectivity index (χ2v) is 6.89. The minimum Gasteiger partial charge on any atom is -0.377 e. The fraction of sp³-hybridized carbons (Fsp3) is 1.00. The molecule has 2 heterocycles. The van der Waals surface area contributed by atoms with E-state index in [1.54, 1.807) is 0 Å². The summed E-state index contributed by atoms with van der Waals surface area (Å²) < 4.78 is 5.96. The van der Waals surface area contributed by atoms with Crippen LogP contribution in [0.25, 0.3) is 0 Å². The Balaban J connectivity index is 0.00000200. The van der Waals surface area contributed by atoms with E-state index >= 15 is 0 Å². The molecule has 0 aliphatic carbocycles. The van der Waals surface area contributed by atoms with Gasteiger partial charge >= 0.3 is 0 Å². The van der Waals surface area contributed by atoms with E-state index in [4.69, 9.17) is 4.74 Å². The summed E-state index contributed by atoms with van der Waals surface area (Å²) in [6.07, 6.45) is 4.23. The first-order valence-electron chi connectivity index (χ1n) is 7.77. The zero-order valence-corrected chi connectivity index (χ0v) is 14.2. The highest BCUT2D eigenvalue weighted by atomic mass is 35.5. The fourth-order valence-corrected chi connectivity index (χ4v) is 3.18. The number of likely N-dealkylation sites (N-methyl/N-ethyl adjacent to an activating group) is 1. The van der Waals surface area contributed by atoms with Crippen LogP contribution in [0.15, 0.2) is 0 Å². The molecule has 0 radical (unpaired) electrons. The first-order valence-corrected chi connectivity index (χ1v) is 7.77. The van der Waals surface area contributed by atoms with Crippen molar-refractivity contribution < 1.29 is 4.74 Å². The standard InChI is InChI=1S/C15H31N3O.ClH/c1-15(6-7-16-12-15)13-18-8-4-14(5-9-18)19-11-10-17(2)3;/h14,16H,4-13H2,1-3H3;1H. The summed E-state index contributed by atoms with van der Waals surface area (Å²) in [5, 5.41) is 3.49. The third-order valence-electron chi connectivity index (χ3n) is 4.49. The number of ether oxygens (including phenoxy) is 1. The van der Waals surface area contributed by atoms with Crippen LogP contribution in [0.3, 0.4) is 0 Å². The largest absolute Gasteiger partial charge is 0.377 e. The van der Waals surface area contributed by atoms with Crippen molar-refractivity contribution in [3.63, 3.8) is 0 Å². The van der Waals surface area contributed by atoms with E-state index in [1.165, 1.54) is 52.0 Å². The highest BCUT2D eigenvalue weighted by Gasteiger charge is 2.32. The Labute approximate surface area is 130 Å². The SMILES string of the molecule is CN(C)CCOC1CCN(CC2(C)CCNC2)CC1.Cl. The van der Waals surface area contributed by atoms with Gasteiger partial charge in [-0.1, -0.05) is 6.92 Å². The van der Waals surface area contributed by atoms with Crippen LogP contribution in [0.5, 0.6) is 0 Å². The Hall–Kier alpha value is 0.130. The monoisotopic (exact) mass is 305 g/mol. The summed E-state index contributed by atoms with van der Waals surface area (Å²) >= 11 is 0. The zero-order valence-electron chi connectivity index (χ0n) is 13.4. The highest BCUT2D eigenvalue weighted by molar-refractivity contribution is 5.85. The van der Waals surface area contributed by atoms with E-state index in [1.807, 2.05) is 0 Å². The van der Waals surface area contributed by atoms with Crippen LogP contribution in [-0.4, -0.2) is 75.9 Å². The lowest BCUT2D eigenvalue weighted by molar-refractivity contribution is -0.00400. The van der Waals surface area contributed by atoms with Crippen molar-refractivity contribution in [2.45, 2.75) is 32.3 Å². The predicted molar refractivity (Wildman–Crippen MR) is 86.8 cm³/mol. The second-order valence-electron chi connectivity index (χ2n) is 6.89. The molecule has 2 fully saturated rings. The maximum Gasteiger partial charge on any atom is 0.0600 e. The van der Waals surface area contributed by atoms with Gasteiger partial charge in [-0.25, -0.2) is 0 Å². The molecule has 2 rings (SSSR count). The van der Waals surface area contributed by atoms with Gasteiger partial charge in [-0.3, -0.25) is 0 Å². The molecule has 5 heteroatoms. The lowest BCUT2D eigenvalue weighted by Gasteiger charge is -2.37. The van der Waals surface area contributed by atoms with Crippen molar-refractivity contribution in [1.82, 2.24) is 15.1 Å². The summed E-state index contributed by atoms with van der Waals surface area (Å²) in [6, 6.07) is 0. The summed E-state index contributed by atoms with van der Waals surface area (Å²) in [4.78, 5) is 4.82. The Morgan fingerprint density at radius 1 is 1.30 bits per heavy atom. The molecule has 0 spiro atoms. The second kappa shape index (κ2) is 8.54. The van der Waals surface area contributed by atoms with Gasteiger partial charge in [-0.05, 0) is 45.3 Å². The van der Waals surface area contributed by atoms with E-state index in [2.05, 4.69) is 36.1 Å². The molecule has 0 aromatic heterocycles. The number of piperidine rings is 1. The van der Waals surface area contributed by atoms with Gasteiger partial charge in [-0.2, -0.15) is 0 Å². The van der Waals surface area contributed by atoms with Crippen LogP contribution in [0.1, 0.15) is 26.2 Å². The average molecular weight is 306 g/mol. The van der Waals surface area contributed by atoms with Crippen molar-refractivity contribution in [3.05, 3.63) is 0 Å². The molecule has 1 atom stereocenters. The quantitative estimate of drug-likeness (QED) is 0.804. The zero-order chi connectivity index (χ0) is 13.7. The summed E-state index contributed by atoms with van der Waals surface area (Å²) in [6.45, 7) is 10.4. The first-order chi connectivity index (χ1) is 9.07. The number of halogens is 1. The number of likely N-dealkylation sites (tertiary alicyclic amines) is 1. The molecule has 0 aromatic carbocycles. The van der Waals surface area contributed by atoms with Crippen LogP contribution < -0.4 is 5.32 Å². The molecule has 4 nitrogen and oxygen atoms in total. The molecular formula is C15H32ClN3O. The lowest BCUT2D eigenvalue weighted by atomic mass is 9.88. The minimum absolute atomic E-state index is 0. The van der Waals surface area contributed by atoms with Crippen molar-refractivity contribution in [2.75, 3.05) is 60.0 Å². The van der Waals surface area contributed by atoms with E-state index < -0.39 is 0 Å². The molecule has 120 valence electrons. The van der Waals surface area contributed by atoms with Gasteiger partial charge in [-0.15, -0.1) is 12.4 Å². The first kappa shape index (κ1) is 18.2. The van der Waals surface area contributed by atoms with Gasteiger partial charge < -0.3 is 19.9 Å². The van der Waals surface area contributed by atoms with Gasteiger partial charge in [0.1, 0.15) is 0 Å². The molecule has 0 saturated carbocycles. The minimum atomic E-state index is 0. The molecule has 0 bridgehead atoms. The summed E-state index contributed by atoms with van der Waals surface area (Å²) in [5.41, 5.74) is 0.499. The van der Waals surface area contributed by atoms with Crippen LogP contribution in [0.4, 0.5) is 0 Å². The van der Waals surface area contributed by atoms with E-state index in [-0.39, 0.29) is 12.4 Å². The van der Waals surface area contributed by atoms with Gasteiger partial charge in [0.25, 0.3) is 0 Å². The van der Waals surface area contributed by atoms with E-state index in [0.717, 1.165) is 13.2 Å². The van der Waals surface area contributed by atoms with Crippen LogP contribution in [-0.2, 0) is 4.74 Å². The topological polar surface area (TPSA) is 27.7 Å². The lowest BCUT2D eigenvalue weighted by Crippen LogP contribution is -2.43. The van der Waals surface area contributed by atoms with Crippen molar-refractivity contribution in [2.24, 2.45) is 5.41 Å². The maximum absolute atomic E-state index is 5.96. The molecule has 0 aromatic rings. The van der Waals surface area contributed by atoms with Gasteiger partial charge in [0.15, 0.2) is 0 Å². The van der Waals surface area contributed by atoms with Crippen molar-refractivity contribution in [1.29, 1.82) is 0 Å². The molecule has 2 aliphatic heterocycles. The van der Waals surface area contributed by atoms with E-state index in [9.17, 15) is 0 Å². The third-order valence-corrected chi connectivity index (χ3v) is 4.49. The van der Waals surface area contributed by atoms with Crippen LogP contribution >= 0.6 is 12.4 Å². The average Bonchev–Trinajstić information content (AvgIpc) is 2.78. The van der Waals surface area contributed by atoms with Gasteiger partial charge in [0.05, 0.1) is 12.7 Å². The summed E-state index contributed by atoms with van der Waals surface area (Å²) in [7, 11) is 4.20. The van der Waals surface area contributed by atoms with Crippen molar-refractivity contribution in [3.8, 4) is 0 Å². The molecule has 1 N–H and O–H groups in total. The van der Waals surface area contributed by atoms with Gasteiger partial charge in [0.2, 0.25) is 0 Å². The number of nitrogens with one attached hydrogen (secondary N) is 1. The third kappa shape index (κ3) is 5.86. The Morgan fingerprint density at radius 3 is 2.55 bits per heavy atom. The van der Waals surface area contributed by atoms with Crippen LogP contribution in [0.2, 0.25) is 0 Å². The summed E-state index contributed by atoms with van der Waals surface area (Å²) in [5.74, 6) is 0. The van der Waals surface area contributed by atoms with Gasteiger partial charge in [0, 0.05) is 32.7 Å². The number of rotatable bonds is 6. The molecule has 0 amide bonds. The molecule has 1 unspecified atom stereocenters. The Bertz CT molecular complexity index is 262. The number of nitrogens with zero attached hydrogens (tertiary/aromatic N) is 2. The fourth-order valence-electron chi connectivity index (χ4n) is 3.18. The Kier molecular flexibility index (Phi) is 7.77. The van der Waals surface area contributed by atoms with Crippen LogP contribution in [0, 0.1) is 5.41 Å². The predicted octanol–water partition coefficient (Wildman–Crippen LogP) is 1.45. The highest BCUT2D eigenvalue weighted by Crippen LogP contribution is 2.27.